The van der Waals surface area contributed by atoms with E-state index in [0.717, 1.165) is 26.2 Å². The third kappa shape index (κ3) is 4.49. The lowest BCUT2D eigenvalue weighted by molar-refractivity contribution is -0.0780. The van der Waals surface area contributed by atoms with Crippen LogP contribution in [0.4, 0.5) is 0 Å². The second-order valence-electron chi connectivity index (χ2n) is 4.76. The van der Waals surface area contributed by atoms with Crippen molar-refractivity contribution in [2.75, 3.05) is 26.2 Å². The molecule has 1 saturated heterocycles. The Hall–Kier alpha value is -0.120. The lowest BCUT2D eigenvalue weighted by Crippen LogP contribution is -2.51. The van der Waals surface area contributed by atoms with E-state index in [9.17, 15) is 0 Å². The highest BCUT2D eigenvalue weighted by Crippen LogP contribution is 2.12. The minimum atomic E-state index is 0.377. The molecule has 3 heteroatoms. The minimum absolute atomic E-state index is 0.377. The van der Waals surface area contributed by atoms with Crippen LogP contribution in [0.3, 0.4) is 0 Å². The maximum atomic E-state index is 5.73. The average molecular weight is 214 g/mol. The number of nitrogens with zero attached hydrogens (tertiary/aromatic N) is 1. The van der Waals surface area contributed by atoms with Crippen LogP contribution in [0.25, 0.3) is 0 Å². The maximum Gasteiger partial charge on any atom is 0.0678 e. The summed E-state index contributed by atoms with van der Waals surface area (Å²) in [6.07, 6.45) is 1.97. The molecule has 1 rings (SSSR count). The van der Waals surface area contributed by atoms with Crippen molar-refractivity contribution in [2.45, 2.75) is 52.4 Å². The summed E-state index contributed by atoms with van der Waals surface area (Å²) in [6, 6.07) is 0.616. The summed E-state index contributed by atoms with van der Waals surface area (Å²) >= 11 is 0. The van der Waals surface area contributed by atoms with Crippen molar-refractivity contribution in [3.05, 3.63) is 0 Å². The molecule has 1 aliphatic rings. The first-order valence-electron chi connectivity index (χ1n) is 6.23. The van der Waals surface area contributed by atoms with Crippen LogP contribution in [0.15, 0.2) is 0 Å². The van der Waals surface area contributed by atoms with E-state index in [2.05, 4.69) is 37.9 Å². The van der Waals surface area contributed by atoms with Crippen LogP contribution in [0.2, 0.25) is 0 Å². The summed E-state index contributed by atoms with van der Waals surface area (Å²) in [6.45, 7) is 13.2. The molecule has 0 bridgehead atoms. The molecule has 1 fully saturated rings. The molecule has 15 heavy (non-hydrogen) atoms. The van der Waals surface area contributed by atoms with E-state index in [1.807, 2.05) is 0 Å². The van der Waals surface area contributed by atoms with Gasteiger partial charge in [-0.05, 0) is 33.7 Å². The van der Waals surface area contributed by atoms with Crippen molar-refractivity contribution in [3.8, 4) is 0 Å². The number of hydrogen-bond donors (Lipinski definition) is 1. The minimum Gasteiger partial charge on any atom is -0.373 e. The van der Waals surface area contributed by atoms with E-state index in [0.29, 0.717) is 18.2 Å². The van der Waals surface area contributed by atoms with Crippen LogP contribution in [0.1, 0.15) is 34.1 Å². The number of nitrogens with one attached hydrogen (secondary N) is 1. The Kier molecular flexibility index (Phi) is 5.58. The summed E-state index contributed by atoms with van der Waals surface area (Å²) in [5, 5.41) is 3.48. The Morgan fingerprint density at radius 3 is 2.47 bits per heavy atom. The van der Waals surface area contributed by atoms with Gasteiger partial charge in [0.25, 0.3) is 0 Å². The third-order valence-electron chi connectivity index (χ3n) is 2.94. The molecule has 1 N–H and O–H groups in total. The predicted octanol–water partition coefficient (Wildman–Crippen LogP) is 1.48. The molecule has 1 heterocycles. The van der Waals surface area contributed by atoms with Crippen molar-refractivity contribution >= 4 is 0 Å². The lowest BCUT2D eigenvalue weighted by Gasteiger charge is -2.39. The van der Waals surface area contributed by atoms with E-state index in [1.54, 1.807) is 0 Å². The summed E-state index contributed by atoms with van der Waals surface area (Å²) in [4.78, 5) is 2.53. The number of hydrogen-bond acceptors (Lipinski definition) is 3. The molecule has 0 amide bonds. The lowest BCUT2D eigenvalue weighted by atomic mass is 10.1. The average Bonchev–Trinajstić information content (AvgIpc) is 2.16. The van der Waals surface area contributed by atoms with E-state index in [1.165, 1.54) is 6.42 Å². The van der Waals surface area contributed by atoms with Crippen LogP contribution >= 0.6 is 0 Å². The fourth-order valence-corrected chi connectivity index (χ4v) is 2.19. The van der Waals surface area contributed by atoms with Gasteiger partial charge in [-0.1, -0.05) is 6.92 Å². The summed E-state index contributed by atoms with van der Waals surface area (Å²) in [7, 11) is 0. The first-order valence-corrected chi connectivity index (χ1v) is 6.23. The number of rotatable bonds is 5. The molecule has 0 aromatic heterocycles. The van der Waals surface area contributed by atoms with Gasteiger partial charge in [-0.2, -0.15) is 0 Å². The van der Waals surface area contributed by atoms with E-state index in [-0.39, 0.29) is 0 Å². The molecular weight excluding hydrogens is 188 g/mol. The Labute approximate surface area is 94.2 Å². The van der Waals surface area contributed by atoms with Gasteiger partial charge in [0, 0.05) is 25.7 Å². The van der Waals surface area contributed by atoms with Crippen LogP contribution in [-0.2, 0) is 4.74 Å². The van der Waals surface area contributed by atoms with Crippen molar-refractivity contribution < 1.29 is 4.74 Å². The van der Waals surface area contributed by atoms with Crippen molar-refractivity contribution in [3.63, 3.8) is 0 Å². The van der Waals surface area contributed by atoms with Gasteiger partial charge in [0.1, 0.15) is 0 Å². The van der Waals surface area contributed by atoms with Gasteiger partial charge < -0.3 is 10.1 Å². The van der Waals surface area contributed by atoms with Gasteiger partial charge in [-0.3, -0.25) is 4.90 Å². The highest BCUT2D eigenvalue weighted by Gasteiger charge is 2.25. The molecular formula is C12H26N2O. The molecule has 1 unspecified atom stereocenters. The van der Waals surface area contributed by atoms with Crippen LogP contribution in [0.5, 0.6) is 0 Å². The maximum absolute atomic E-state index is 5.73. The van der Waals surface area contributed by atoms with Crippen molar-refractivity contribution in [1.29, 1.82) is 0 Å². The van der Waals surface area contributed by atoms with Gasteiger partial charge in [0.15, 0.2) is 0 Å². The van der Waals surface area contributed by atoms with Gasteiger partial charge in [-0.15, -0.1) is 0 Å². The van der Waals surface area contributed by atoms with Gasteiger partial charge in [0.2, 0.25) is 0 Å². The molecule has 90 valence electrons. The molecule has 0 aromatic carbocycles. The number of morpholine rings is 1. The normalized spacial score (nSPS) is 30.4. The zero-order valence-electron chi connectivity index (χ0n) is 10.6. The smallest absolute Gasteiger partial charge is 0.0678 e. The van der Waals surface area contributed by atoms with Gasteiger partial charge in [0.05, 0.1) is 12.2 Å². The Morgan fingerprint density at radius 1 is 1.33 bits per heavy atom. The quantitative estimate of drug-likeness (QED) is 0.702. The van der Waals surface area contributed by atoms with Crippen molar-refractivity contribution in [2.24, 2.45) is 0 Å². The molecule has 0 aliphatic carbocycles. The molecule has 0 radical (unpaired) electrons. The first-order chi connectivity index (χ1) is 7.13. The van der Waals surface area contributed by atoms with Crippen LogP contribution < -0.4 is 5.32 Å². The zero-order valence-corrected chi connectivity index (χ0v) is 10.6. The highest BCUT2D eigenvalue weighted by atomic mass is 16.5. The Balaban J connectivity index is 2.28. The standard InChI is InChI=1S/C12H26N2O/c1-5-6-13-7-10(2)14-8-11(3)15-12(4)9-14/h10-13H,5-9H2,1-4H3/t10?,11-,12+. The van der Waals surface area contributed by atoms with Gasteiger partial charge in [-0.25, -0.2) is 0 Å². The third-order valence-corrected chi connectivity index (χ3v) is 2.94. The Bertz CT molecular complexity index is 165. The monoisotopic (exact) mass is 214 g/mol. The molecule has 1 aliphatic heterocycles. The molecule has 0 spiro atoms. The molecule has 0 aromatic rings. The SMILES string of the molecule is CCCNCC(C)N1C[C@@H](C)O[C@@H](C)C1. The molecule has 0 saturated carbocycles. The van der Waals surface area contributed by atoms with Crippen molar-refractivity contribution in [1.82, 2.24) is 10.2 Å². The second kappa shape index (κ2) is 6.46. The second-order valence-corrected chi connectivity index (χ2v) is 4.76. The fourth-order valence-electron chi connectivity index (χ4n) is 2.19. The van der Waals surface area contributed by atoms with E-state index < -0.39 is 0 Å². The summed E-state index contributed by atoms with van der Waals surface area (Å²) < 4.78 is 5.73. The Morgan fingerprint density at radius 2 is 1.93 bits per heavy atom. The highest BCUT2D eigenvalue weighted by molar-refractivity contribution is 4.78. The molecule has 3 nitrogen and oxygen atoms in total. The first kappa shape index (κ1) is 12.9. The van der Waals surface area contributed by atoms with E-state index in [4.69, 9.17) is 4.74 Å². The fraction of sp³-hybridized carbons (Fsp3) is 1.00. The van der Waals surface area contributed by atoms with Crippen LogP contribution in [-0.4, -0.2) is 49.3 Å². The summed E-state index contributed by atoms with van der Waals surface area (Å²) in [5.74, 6) is 0. The predicted molar refractivity (Wildman–Crippen MR) is 64.2 cm³/mol. The van der Waals surface area contributed by atoms with Gasteiger partial charge >= 0.3 is 0 Å². The van der Waals surface area contributed by atoms with Crippen LogP contribution in [0, 0.1) is 0 Å². The topological polar surface area (TPSA) is 24.5 Å². The molecule has 3 atom stereocenters. The largest absolute Gasteiger partial charge is 0.373 e. The number of ether oxygens (including phenoxy) is 1. The zero-order chi connectivity index (χ0) is 11.3. The van der Waals surface area contributed by atoms with E-state index >= 15 is 0 Å². The summed E-state index contributed by atoms with van der Waals surface area (Å²) in [5.41, 5.74) is 0.